The third-order valence-electron chi connectivity index (χ3n) is 4.94. The number of nitrogen functional groups attached to an aromatic ring is 1. The number of carbonyl (C=O) groups is 2. The lowest BCUT2D eigenvalue weighted by molar-refractivity contribution is -0.275. The van der Waals surface area contributed by atoms with E-state index in [-0.39, 0.29) is 40.5 Å². The van der Waals surface area contributed by atoms with Gasteiger partial charge in [-0.15, -0.1) is 13.2 Å². The van der Waals surface area contributed by atoms with Gasteiger partial charge in [-0.2, -0.15) is 0 Å². The van der Waals surface area contributed by atoms with E-state index in [1.54, 1.807) is 34.7 Å². The number of carbonyl (C=O) groups excluding carboxylic acids is 2. The normalized spacial score (nSPS) is 17.1. The predicted octanol–water partition coefficient (Wildman–Crippen LogP) is 4.55. The highest BCUT2D eigenvalue weighted by Gasteiger charge is 2.36. The van der Waals surface area contributed by atoms with E-state index < -0.39 is 29.8 Å². The van der Waals surface area contributed by atoms with E-state index in [2.05, 4.69) is 20.7 Å². The lowest BCUT2D eigenvalue weighted by atomic mass is 10.1. The first-order chi connectivity index (χ1) is 15.1. The fraction of sp³-hybridized carbons (Fsp3) is 0.619. The molecule has 1 aliphatic rings. The minimum Gasteiger partial charge on any atom is -0.462 e. The zero-order valence-corrected chi connectivity index (χ0v) is 20.8. The van der Waals surface area contributed by atoms with Gasteiger partial charge < -0.3 is 24.8 Å². The molecule has 1 heterocycles. The van der Waals surface area contributed by atoms with E-state index in [0.717, 1.165) is 6.07 Å². The molecule has 0 spiro atoms. The van der Waals surface area contributed by atoms with Crippen molar-refractivity contribution in [3.8, 4) is 5.75 Å². The van der Waals surface area contributed by atoms with Gasteiger partial charge in [0.05, 0.1) is 17.9 Å². The van der Waals surface area contributed by atoms with Gasteiger partial charge in [-0.25, -0.2) is 9.59 Å². The summed E-state index contributed by atoms with van der Waals surface area (Å²) >= 11 is 3.23. The SMILES string of the molecule is CCOC(=O)c1cc(OC(F)(F)F)c(CN2CCC(N(C)C(=O)OC(C)(C)C)C2)c(Br)c1N. The molecule has 2 N–H and O–H groups in total. The number of anilines is 1. The van der Waals surface area contributed by atoms with Crippen molar-refractivity contribution in [1.82, 2.24) is 9.80 Å². The fourth-order valence-corrected chi connectivity index (χ4v) is 3.94. The molecular weight excluding hydrogens is 511 g/mol. The van der Waals surface area contributed by atoms with Crippen LogP contribution in [0.1, 0.15) is 50.0 Å². The van der Waals surface area contributed by atoms with Crippen molar-refractivity contribution in [2.24, 2.45) is 0 Å². The van der Waals surface area contributed by atoms with E-state index >= 15 is 0 Å². The Morgan fingerprint density at radius 3 is 2.48 bits per heavy atom. The maximum Gasteiger partial charge on any atom is 0.573 e. The highest BCUT2D eigenvalue weighted by molar-refractivity contribution is 9.10. The third kappa shape index (κ3) is 7.39. The Labute approximate surface area is 199 Å². The van der Waals surface area contributed by atoms with Crippen LogP contribution in [-0.2, 0) is 16.0 Å². The first-order valence-electron chi connectivity index (χ1n) is 10.3. The van der Waals surface area contributed by atoms with Crippen molar-refractivity contribution in [2.45, 2.75) is 58.7 Å². The Morgan fingerprint density at radius 2 is 1.94 bits per heavy atom. The smallest absolute Gasteiger partial charge is 0.462 e. The van der Waals surface area contributed by atoms with Crippen LogP contribution >= 0.6 is 15.9 Å². The summed E-state index contributed by atoms with van der Waals surface area (Å²) in [6, 6.07) is 0.767. The van der Waals surface area contributed by atoms with Crippen LogP contribution in [0.25, 0.3) is 0 Å². The molecule has 0 radical (unpaired) electrons. The second kappa shape index (κ2) is 10.4. The summed E-state index contributed by atoms with van der Waals surface area (Å²) in [4.78, 5) is 27.9. The molecule has 1 saturated heterocycles. The molecule has 1 aromatic carbocycles. The van der Waals surface area contributed by atoms with Crippen molar-refractivity contribution >= 4 is 33.7 Å². The van der Waals surface area contributed by atoms with Crippen molar-refractivity contribution in [3.63, 3.8) is 0 Å². The van der Waals surface area contributed by atoms with Crippen molar-refractivity contribution in [3.05, 3.63) is 21.7 Å². The zero-order chi connectivity index (χ0) is 25.1. The van der Waals surface area contributed by atoms with Crippen LogP contribution < -0.4 is 10.5 Å². The van der Waals surface area contributed by atoms with E-state index in [4.69, 9.17) is 15.2 Å². The quantitative estimate of drug-likeness (QED) is 0.418. The Kier molecular flexibility index (Phi) is 8.50. The van der Waals surface area contributed by atoms with Gasteiger partial charge in [0.15, 0.2) is 0 Å². The number of amides is 1. The van der Waals surface area contributed by atoms with Gasteiger partial charge in [-0.1, -0.05) is 0 Å². The molecule has 1 amide bonds. The van der Waals surface area contributed by atoms with E-state index in [9.17, 15) is 22.8 Å². The molecule has 1 unspecified atom stereocenters. The molecule has 2 rings (SSSR count). The van der Waals surface area contributed by atoms with E-state index in [0.29, 0.717) is 19.5 Å². The fourth-order valence-electron chi connectivity index (χ4n) is 3.40. The number of nitrogens with two attached hydrogens (primary N) is 1. The van der Waals surface area contributed by atoms with E-state index in [1.807, 2.05) is 4.90 Å². The Morgan fingerprint density at radius 1 is 1.30 bits per heavy atom. The standard InChI is InChI=1S/C21H29BrF3N3O5/c1-6-31-18(29)13-9-15(32-21(23,24)25)14(16(22)17(13)26)11-28-8-7-12(10-28)27(5)19(30)33-20(2,3)4/h9,12H,6-8,10-11,26H2,1-5H3. The Balaban J connectivity index is 2.27. The number of benzene rings is 1. The van der Waals surface area contributed by atoms with Crippen molar-refractivity contribution in [1.29, 1.82) is 0 Å². The molecule has 1 aliphatic heterocycles. The van der Waals surface area contributed by atoms with Gasteiger partial charge in [-0.3, -0.25) is 4.90 Å². The van der Waals surface area contributed by atoms with Gasteiger partial charge in [0, 0.05) is 42.8 Å². The highest BCUT2D eigenvalue weighted by Crippen LogP contribution is 2.39. The van der Waals surface area contributed by atoms with Gasteiger partial charge in [0.25, 0.3) is 0 Å². The third-order valence-corrected chi connectivity index (χ3v) is 5.85. The summed E-state index contributed by atoms with van der Waals surface area (Å²) in [6.45, 7) is 7.90. The zero-order valence-electron chi connectivity index (χ0n) is 19.2. The van der Waals surface area contributed by atoms with Crippen LogP contribution in [0.15, 0.2) is 10.5 Å². The summed E-state index contributed by atoms with van der Waals surface area (Å²) in [6.07, 6.45) is -4.83. The number of hydrogen-bond donors (Lipinski definition) is 1. The second-order valence-corrected chi connectivity index (χ2v) is 9.46. The number of rotatable bonds is 6. The summed E-state index contributed by atoms with van der Waals surface area (Å²) in [7, 11) is 1.63. The summed E-state index contributed by atoms with van der Waals surface area (Å²) in [5.74, 6) is -1.40. The molecule has 0 aliphatic carbocycles. The van der Waals surface area contributed by atoms with Crippen LogP contribution in [0.2, 0.25) is 0 Å². The Hall–Kier alpha value is -2.21. The van der Waals surface area contributed by atoms with Crippen LogP contribution in [0.5, 0.6) is 5.75 Å². The van der Waals surface area contributed by atoms with Gasteiger partial charge in [-0.05, 0) is 56.1 Å². The lowest BCUT2D eigenvalue weighted by Crippen LogP contribution is -2.42. The molecule has 0 saturated carbocycles. The minimum atomic E-state index is -4.97. The molecule has 33 heavy (non-hydrogen) atoms. The van der Waals surface area contributed by atoms with Gasteiger partial charge in [0.2, 0.25) is 0 Å². The number of nitrogens with zero attached hydrogens (tertiary/aromatic N) is 2. The maximum absolute atomic E-state index is 13.1. The number of halogens is 4. The van der Waals surface area contributed by atoms with Gasteiger partial charge in [0.1, 0.15) is 11.4 Å². The molecule has 1 fully saturated rings. The highest BCUT2D eigenvalue weighted by atomic mass is 79.9. The molecule has 0 bridgehead atoms. The number of esters is 1. The number of alkyl halides is 3. The van der Waals surface area contributed by atoms with Gasteiger partial charge >= 0.3 is 18.4 Å². The molecule has 8 nitrogen and oxygen atoms in total. The maximum atomic E-state index is 13.1. The van der Waals surface area contributed by atoms with E-state index in [1.165, 1.54) is 4.90 Å². The second-order valence-electron chi connectivity index (χ2n) is 8.67. The van der Waals surface area contributed by atoms with Crippen LogP contribution in [0, 0.1) is 0 Å². The first kappa shape index (κ1) is 27.0. The number of likely N-dealkylation sites (N-methyl/N-ethyl adjacent to an activating group) is 1. The Bertz CT molecular complexity index is 889. The van der Waals surface area contributed by atoms with Crippen molar-refractivity contribution in [2.75, 3.05) is 32.5 Å². The molecule has 186 valence electrons. The average molecular weight is 540 g/mol. The summed E-state index contributed by atoms with van der Waals surface area (Å²) in [5.41, 5.74) is 5.25. The summed E-state index contributed by atoms with van der Waals surface area (Å²) < 4.78 is 53.9. The first-order valence-corrected chi connectivity index (χ1v) is 11.1. The van der Waals surface area contributed by atoms with Crippen molar-refractivity contribution < 1.29 is 37.0 Å². The minimum absolute atomic E-state index is 0.0352. The number of ether oxygens (including phenoxy) is 3. The monoisotopic (exact) mass is 539 g/mol. The van der Waals surface area contributed by atoms with Crippen LogP contribution in [-0.4, -0.2) is 66.6 Å². The number of hydrogen-bond acceptors (Lipinski definition) is 7. The molecule has 1 atom stereocenters. The topological polar surface area (TPSA) is 94.3 Å². The van der Waals surface area contributed by atoms with Crippen LogP contribution in [0.3, 0.4) is 0 Å². The largest absolute Gasteiger partial charge is 0.573 e. The summed E-state index contributed by atoms with van der Waals surface area (Å²) in [5, 5.41) is 0. The molecular formula is C21H29BrF3N3O5. The van der Waals surface area contributed by atoms with Crippen LogP contribution in [0.4, 0.5) is 23.7 Å². The molecule has 12 heteroatoms. The predicted molar refractivity (Wildman–Crippen MR) is 119 cm³/mol. The molecule has 0 aromatic heterocycles. The molecule has 1 aromatic rings. The lowest BCUT2D eigenvalue weighted by Gasteiger charge is -2.29. The average Bonchev–Trinajstić information content (AvgIpc) is 3.13. The number of likely N-dealkylation sites (tertiary alicyclic amines) is 1.